The van der Waals surface area contributed by atoms with Crippen molar-refractivity contribution in [2.45, 2.75) is 25.5 Å². The molecule has 11 heteroatoms. The van der Waals surface area contributed by atoms with Crippen molar-refractivity contribution < 1.29 is 22.3 Å². The summed E-state index contributed by atoms with van der Waals surface area (Å²) in [5, 5.41) is -0.241. The van der Waals surface area contributed by atoms with Gasteiger partial charge in [-0.3, -0.25) is 9.52 Å². The molecule has 3 aromatic heterocycles. The standard InChI is InChI=1S/C23H22FN5O4S/c1-4-13(2)34(31,32)29-19-7-5-6-16(20(19)24)21(30)18-12-26-22-17(18)8-14(9-25-22)15-10-27-23(33-3)28-11-15/h5-13,29H,4H2,1-3H3,(H,25,26). The van der Waals surface area contributed by atoms with Crippen LogP contribution in [0.2, 0.25) is 0 Å². The van der Waals surface area contributed by atoms with Crippen LogP contribution >= 0.6 is 0 Å². The summed E-state index contributed by atoms with van der Waals surface area (Å²) in [7, 11) is -2.33. The molecule has 1 atom stereocenters. The van der Waals surface area contributed by atoms with Crippen LogP contribution in [-0.2, 0) is 10.0 Å². The fraction of sp³-hybridized carbons (Fsp3) is 0.217. The summed E-state index contributed by atoms with van der Waals surface area (Å²) in [4.78, 5) is 28.7. The monoisotopic (exact) mass is 483 g/mol. The Morgan fingerprint density at radius 2 is 1.85 bits per heavy atom. The number of ketones is 1. The van der Waals surface area contributed by atoms with Crippen LogP contribution in [0.3, 0.4) is 0 Å². The van der Waals surface area contributed by atoms with Gasteiger partial charge in [0.1, 0.15) is 5.65 Å². The van der Waals surface area contributed by atoms with E-state index < -0.39 is 26.9 Å². The van der Waals surface area contributed by atoms with Crippen LogP contribution in [0, 0.1) is 5.82 Å². The minimum absolute atomic E-state index is 0.194. The first-order valence-corrected chi connectivity index (χ1v) is 12.0. The number of hydrogen-bond donors (Lipinski definition) is 2. The second kappa shape index (κ2) is 9.18. The average molecular weight is 484 g/mol. The second-order valence-electron chi connectivity index (χ2n) is 7.64. The van der Waals surface area contributed by atoms with Crippen molar-refractivity contribution >= 4 is 32.5 Å². The molecule has 34 heavy (non-hydrogen) atoms. The van der Waals surface area contributed by atoms with Gasteiger partial charge in [0.25, 0.3) is 0 Å². The Balaban J connectivity index is 1.72. The number of carbonyl (C=O) groups excluding carboxylic acids is 1. The zero-order valence-electron chi connectivity index (χ0n) is 18.7. The molecule has 176 valence electrons. The summed E-state index contributed by atoms with van der Waals surface area (Å²) >= 11 is 0. The summed E-state index contributed by atoms with van der Waals surface area (Å²) in [5.41, 5.74) is 1.40. The van der Waals surface area contributed by atoms with Crippen molar-refractivity contribution in [1.82, 2.24) is 19.9 Å². The Morgan fingerprint density at radius 3 is 2.53 bits per heavy atom. The lowest BCUT2D eigenvalue weighted by Crippen LogP contribution is -2.25. The van der Waals surface area contributed by atoms with Crippen molar-refractivity contribution in [3.63, 3.8) is 0 Å². The lowest BCUT2D eigenvalue weighted by Gasteiger charge is -2.14. The van der Waals surface area contributed by atoms with Crippen molar-refractivity contribution in [2.24, 2.45) is 0 Å². The van der Waals surface area contributed by atoms with Crippen molar-refractivity contribution in [2.75, 3.05) is 11.8 Å². The number of pyridine rings is 1. The second-order valence-corrected chi connectivity index (χ2v) is 9.74. The largest absolute Gasteiger partial charge is 0.467 e. The molecule has 0 aliphatic heterocycles. The highest BCUT2D eigenvalue weighted by Crippen LogP contribution is 2.28. The molecule has 0 fully saturated rings. The number of methoxy groups -OCH3 is 1. The van der Waals surface area contributed by atoms with Crippen molar-refractivity contribution in [3.05, 3.63) is 66.0 Å². The lowest BCUT2D eigenvalue weighted by molar-refractivity contribution is 0.103. The Morgan fingerprint density at radius 1 is 1.15 bits per heavy atom. The maximum absolute atomic E-state index is 15.2. The topological polar surface area (TPSA) is 127 Å². The van der Waals surface area contributed by atoms with Gasteiger partial charge in [-0.1, -0.05) is 13.0 Å². The van der Waals surface area contributed by atoms with Gasteiger partial charge < -0.3 is 9.72 Å². The Bertz CT molecular complexity index is 1470. The smallest absolute Gasteiger partial charge is 0.316 e. The maximum Gasteiger partial charge on any atom is 0.316 e. The predicted molar refractivity (Wildman–Crippen MR) is 126 cm³/mol. The number of rotatable bonds is 8. The molecule has 9 nitrogen and oxygen atoms in total. The molecule has 0 saturated heterocycles. The number of ether oxygens (including phenoxy) is 1. The van der Waals surface area contributed by atoms with Gasteiger partial charge in [-0.25, -0.2) is 27.8 Å². The first kappa shape index (κ1) is 23.3. The number of aromatic nitrogens is 4. The SMILES string of the molecule is CCC(C)S(=O)(=O)Nc1cccc(C(=O)c2c[nH]c3ncc(-c4cnc(OC)nc4)cc23)c1F. The predicted octanol–water partition coefficient (Wildman–Crippen LogP) is 3.94. The number of aromatic amines is 1. The quantitative estimate of drug-likeness (QED) is 0.363. The van der Waals surface area contributed by atoms with E-state index in [-0.39, 0.29) is 22.8 Å². The first-order chi connectivity index (χ1) is 16.2. The molecule has 0 saturated carbocycles. The molecule has 4 rings (SSSR count). The fourth-order valence-corrected chi connectivity index (χ4v) is 4.43. The summed E-state index contributed by atoms with van der Waals surface area (Å²) in [6, 6.07) is 5.97. The number of nitrogens with one attached hydrogen (secondary N) is 2. The van der Waals surface area contributed by atoms with E-state index in [1.165, 1.54) is 38.4 Å². The van der Waals surface area contributed by atoms with Gasteiger partial charge >= 0.3 is 6.01 Å². The molecule has 0 bridgehead atoms. The molecule has 0 radical (unpaired) electrons. The Hall–Kier alpha value is -3.86. The van der Waals surface area contributed by atoms with E-state index >= 15 is 4.39 Å². The van der Waals surface area contributed by atoms with E-state index in [0.29, 0.717) is 28.6 Å². The molecule has 0 amide bonds. The molecule has 0 aliphatic rings. The van der Waals surface area contributed by atoms with E-state index in [4.69, 9.17) is 4.74 Å². The highest BCUT2D eigenvalue weighted by molar-refractivity contribution is 7.93. The molecule has 0 spiro atoms. The third-order valence-electron chi connectivity index (χ3n) is 5.52. The minimum atomic E-state index is -3.80. The number of carbonyl (C=O) groups is 1. The molecule has 3 heterocycles. The van der Waals surface area contributed by atoms with Crippen LogP contribution in [0.25, 0.3) is 22.2 Å². The highest BCUT2D eigenvalue weighted by Gasteiger charge is 2.24. The molecular weight excluding hydrogens is 461 g/mol. The number of H-pyrrole nitrogens is 1. The van der Waals surface area contributed by atoms with E-state index in [1.54, 1.807) is 31.6 Å². The molecular formula is C23H22FN5O4S. The fourth-order valence-electron chi connectivity index (χ4n) is 3.32. The van der Waals surface area contributed by atoms with Crippen LogP contribution in [0.1, 0.15) is 36.2 Å². The molecule has 1 unspecified atom stereocenters. The Kier molecular flexibility index (Phi) is 6.29. The van der Waals surface area contributed by atoms with E-state index in [2.05, 4.69) is 24.7 Å². The van der Waals surface area contributed by atoms with E-state index in [0.717, 1.165) is 0 Å². The van der Waals surface area contributed by atoms with Crippen LogP contribution in [0.5, 0.6) is 6.01 Å². The van der Waals surface area contributed by atoms with Crippen LogP contribution in [0.15, 0.2) is 49.1 Å². The summed E-state index contributed by atoms with van der Waals surface area (Å²) in [5.74, 6) is -1.56. The van der Waals surface area contributed by atoms with E-state index in [9.17, 15) is 13.2 Å². The van der Waals surface area contributed by atoms with Gasteiger partial charge in [0.2, 0.25) is 10.0 Å². The van der Waals surface area contributed by atoms with Crippen LogP contribution in [0.4, 0.5) is 10.1 Å². The van der Waals surface area contributed by atoms with Crippen molar-refractivity contribution in [1.29, 1.82) is 0 Å². The zero-order valence-corrected chi connectivity index (χ0v) is 19.5. The van der Waals surface area contributed by atoms with E-state index in [1.807, 2.05) is 0 Å². The zero-order chi connectivity index (χ0) is 24.5. The van der Waals surface area contributed by atoms with Gasteiger partial charge in [0.15, 0.2) is 11.6 Å². The number of halogens is 1. The lowest BCUT2D eigenvalue weighted by atomic mass is 10.0. The number of anilines is 1. The van der Waals surface area contributed by atoms with Crippen LogP contribution < -0.4 is 9.46 Å². The van der Waals surface area contributed by atoms with Gasteiger partial charge in [-0.05, 0) is 31.5 Å². The molecule has 0 aliphatic carbocycles. The number of sulfonamides is 1. The van der Waals surface area contributed by atoms with Gasteiger partial charge in [-0.15, -0.1) is 0 Å². The Labute approximate surface area is 195 Å². The van der Waals surface area contributed by atoms with Gasteiger partial charge in [0.05, 0.1) is 23.6 Å². The average Bonchev–Trinajstić information content (AvgIpc) is 3.27. The minimum Gasteiger partial charge on any atom is -0.467 e. The highest BCUT2D eigenvalue weighted by atomic mass is 32.2. The number of hydrogen-bond acceptors (Lipinski definition) is 7. The summed E-state index contributed by atoms with van der Waals surface area (Å²) in [6.07, 6.45) is 6.54. The van der Waals surface area contributed by atoms with Gasteiger partial charge in [0, 0.05) is 46.9 Å². The third-order valence-corrected chi connectivity index (χ3v) is 7.42. The normalized spacial score (nSPS) is 12.5. The number of nitrogens with zero attached hydrogens (tertiary/aromatic N) is 3. The van der Waals surface area contributed by atoms with Gasteiger partial charge in [-0.2, -0.15) is 0 Å². The first-order valence-electron chi connectivity index (χ1n) is 10.4. The molecule has 1 aromatic carbocycles. The number of benzene rings is 1. The van der Waals surface area contributed by atoms with Crippen molar-refractivity contribution in [3.8, 4) is 17.1 Å². The summed E-state index contributed by atoms with van der Waals surface area (Å²) in [6.45, 7) is 3.25. The summed E-state index contributed by atoms with van der Waals surface area (Å²) < 4.78 is 47.2. The van der Waals surface area contributed by atoms with Crippen LogP contribution in [-0.4, -0.2) is 46.5 Å². The third kappa shape index (κ3) is 4.34. The molecule has 2 N–H and O–H groups in total. The number of fused-ring (bicyclic) bond motifs is 1. The molecule has 4 aromatic rings. The maximum atomic E-state index is 15.2.